The van der Waals surface area contributed by atoms with E-state index in [4.69, 9.17) is 0 Å². The van der Waals surface area contributed by atoms with Gasteiger partial charge in [-0.3, -0.25) is 0 Å². The molecule has 0 bridgehead atoms. The maximum absolute atomic E-state index is 9.26. The highest BCUT2D eigenvalue weighted by atomic mass is 15.3. The van der Waals surface area contributed by atoms with E-state index >= 15 is 0 Å². The lowest BCUT2D eigenvalue weighted by atomic mass is 9.77. The second kappa shape index (κ2) is 10.3. The van der Waals surface area contributed by atoms with Crippen LogP contribution >= 0.6 is 0 Å². The molecule has 5 rings (SSSR count). The summed E-state index contributed by atoms with van der Waals surface area (Å²) in [6, 6.07) is 8.22. The predicted molar refractivity (Wildman–Crippen MR) is 136 cm³/mol. The zero-order valence-electron chi connectivity index (χ0n) is 20.6. The fraction of sp³-hybridized carbons (Fsp3) is 0.467. The largest absolute Gasteiger partial charge is 0.371 e. The van der Waals surface area contributed by atoms with Crippen molar-refractivity contribution in [2.45, 2.75) is 51.4 Å². The molecule has 36 heavy (non-hydrogen) atoms. The van der Waals surface area contributed by atoms with Crippen LogP contribution in [-0.4, -0.2) is 36.0 Å². The van der Waals surface area contributed by atoms with E-state index in [0.29, 0.717) is 11.8 Å². The van der Waals surface area contributed by atoms with Crippen LogP contribution in [0.4, 0.5) is 0 Å². The van der Waals surface area contributed by atoms with E-state index in [0.717, 1.165) is 88.7 Å². The smallest absolute Gasteiger partial charge is 0.132 e. The van der Waals surface area contributed by atoms with Crippen molar-refractivity contribution in [1.29, 1.82) is 21.0 Å². The first-order valence-electron chi connectivity index (χ1n) is 13.0. The van der Waals surface area contributed by atoms with Crippen molar-refractivity contribution in [2.24, 2.45) is 11.8 Å². The van der Waals surface area contributed by atoms with E-state index in [2.05, 4.69) is 58.4 Å². The SMILES string of the molecule is N#CC(C#N)=C1C=C2C=C(N3CCN(C4=CC5=CC(=C(C#N)C#N)CCC5CC4)CC3)CCC2CC1. The first-order chi connectivity index (χ1) is 17.6. The molecule has 5 aliphatic rings. The molecule has 0 saturated carbocycles. The molecule has 180 valence electrons. The molecule has 0 N–H and O–H groups in total. The molecule has 1 fully saturated rings. The lowest BCUT2D eigenvalue weighted by Crippen LogP contribution is -2.46. The maximum atomic E-state index is 9.26. The Morgan fingerprint density at radius 3 is 1.28 bits per heavy atom. The topological polar surface area (TPSA) is 102 Å². The molecule has 2 unspecified atom stereocenters. The van der Waals surface area contributed by atoms with Crippen LogP contribution in [0.1, 0.15) is 51.4 Å². The summed E-state index contributed by atoms with van der Waals surface area (Å²) in [5.41, 5.74) is 7.63. The molecule has 0 amide bonds. The second-order valence-electron chi connectivity index (χ2n) is 10.3. The van der Waals surface area contributed by atoms with Gasteiger partial charge in [-0.15, -0.1) is 0 Å². The summed E-state index contributed by atoms with van der Waals surface area (Å²) in [5.74, 6) is 1.09. The van der Waals surface area contributed by atoms with Crippen LogP contribution in [0, 0.1) is 57.2 Å². The number of hydrogen-bond donors (Lipinski definition) is 0. The van der Waals surface area contributed by atoms with Crippen molar-refractivity contribution in [3.63, 3.8) is 0 Å². The Morgan fingerprint density at radius 1 is 0.556 bits per heavy atom. The van der Waals surface area contributed by atoms with Crippen molar-refractivity contribution in [3.8, 4) is 24.3 Å². The average Bonchev–Trinajstić information content (AvgIpc) is 2.93. The number of hydrogen-bond acceptors (Lipinski definition) is 6. The number of nitriles is 4. The molecule has 2 atom stereocenters. The molecule has 0 spiro atoms. The van der Waals surface area contributed by atoms with E-state index in [1.54, 1.807) is 0 Å². The van der Waals surface area contributed by atoms with Crippen LogP contribution in [0.25, 0.3) is 0 Å². The Hall–Kier alpha value is -4.00. The Balaban J connectivity index is 1.28. The molecule has 1 saturated heterocycles. The molecule has 6 nitrogen and oxygen atoms in total. The first-order valence-corrected chi connectivity index (χ1v) is 13.0. The fourth-order valence-electron chi connectivity index (χ4n) is 6.40. The Kier molecular flexibility index (Phi) is 6.80. The van der Waals surface area contributed by atoms with Gasteiger partial charge in [-0.1, -0.05) is 12.2 Å². The lowest BCUT2D eigenvalue weighted by molar-refractivity contribution is 0.177. The number of piperazine rings is 1. The quantitative estimate of drug-likeness (QED) is 0.502. The summed E-state index contributed by atoms with van der Waals surface area (Å²) in [5, 5.41) is 37.1. The van der Waals surface area contributed by atoms with E-state index in [1.807, 2.05) is 0 Å². The summed E-state index contributed by atoms with van der Waals surface area (Å²) in [6.45, 7) is 3.97. The molecule has 4 aliphatic carbocycles. The Morgan fingerprint density at radius 2 is 0.917 bits per heavy atom. The molecule has 0 radical (unpaired) electrons. The third-order valence-electron chi connectivity index (χ3n) is 8.49. The third kappa shape index (κ3) is 4.61. The zero-order valence-corrected chi connectivity index (χ0v) is 20.6. The third-order valence-corrected chi connectivity index (χ3v) is 8.49. The van der Waals surface area contributed by atoms with E-state index in [1.165, 1.54) is 22.5 Å². The van der Waals surface area contributed by atoms with Crippen LogP contribution in [0.2, 0.25) is 0 Å². The highest BCUT2D eigenvalue weighted by Gasteiger charge is 2.30. The number of allylic oxidation sites excluding steroid dienone is 12. The zero-order chi connectivity index (χ0) is 25.1. The first kappa shape index (κ1) is 23.7. The highest BCUT2D eigenvalue weighted by molar-refractivity contribution is 5.50. The molecule has 6 heteroatoms. The van der Waals surface area contributed by atoms with Gasteiger partial charge >= 0.3 is 0 Å². The molecular weight excluding hydrogens is 444 g/mol. The summed E-state index contributed by atoms with van der Waals surface area (Å²) in [7, 11) is 0. The molecule has 0 aromatic rings. The normalized spacial score (nSPS) is 25.3. The van der Waals surface area contributed by atoms with Crippen LogP contribution in [-0.2, 0) is 0 Å². The van der Waals surface area contributed by atoms with Crippen molar-refractivity contribution in [1.82, 2.24) is 9.80 Å². The van der Waals surface area contributed by atoms with Gasteiger partial charge < -0.3 is 9.80 Å². The van der Waals surface area contributed by atoms with E-state index in [-0.39, 0.29) is 11.1 Å². The van der Waals surface area contributed by atoms with Crippen LogP contribution < -0.4 is 0 Å². The number of nitrogens with zero attached hydrogens (tertiary/aromatic N) is 6. The molecule has 1 heterocycles. The van der Waals surface area contributed by atoms with E-state index < -0.39 is 0 Å². The molecule has 1 aliphatic heterocycles. The molecule has 0 aromatic carbocycles. The summed E-state index contributed by atoms with van der Waals surface area (Å²) in [6.07, 6.45) is 17.0. The Labute approximate surface area is 213 Å². The van der Waals surface area contributed by atoms with Gasteiger partial charge in [-0.25, -0.2) is 0 Å². The van der Waals surface area contributed by atoms with Gasteiger partial charge in [0.05, 0.1) is 0 Å². The molecular formula is C30H30N6. The van der Waals surface area contributed by atoms with Gasteiger partial charge in [0.1, 0.15) is 35.4 Å². The van der Waals surface area contributed by atoms with Crippen molar-refractivity contribution >= 4 is 0 Å². The molecule has 0 aromatic heterocycles. The fourth-order valence-corrected chi connectivity index (χ4v) is 6.40. The number of fused-ring (bicyclic) bond motifs is 2. The summed E-state index contributed by atoms with van der Waals surface area (Å²) >= 11 is 0. The monoisotopic (exact) mass is 474 g/mol. The summed E-state index contributed by atoms with van der Waals surface area (Å²) < 4.78 is 0. The lowest BCUT2D eigenvalue weighted by Gasteiger charge is -2.43. The minimum atomic E-state index is 0.255. The van der Waals surface area contributed by atoms with Gasteiger partial charge in [0, 0.05) is 37.6 Å². The highest BCUT2D eigenvalue weighted by Crippen LogP contribution is 2.41. The van der Waals surface area contributed by atoms with Gasteiger partial charge in [0.25, 0.3) is 0 Å². The minimum Gasteiger partial charge on any atom is -0.371 e. The van der Waals surface area contributed by atoms with Crippen molar-refractivity contribution < 1.29 is 0 Å². The average molecular weight is 475 g/mol. The van der Waals surface area contributed by atoms with Crippen LogP contribution in [0.3, 0.4) is 0 Å². The van der Waals surface area contributed by atoms with Crippen LogP contribution in [0.5, 0.6) is 0 Å². The predicted octanol–water partition coefficient (Wildman–Crippen LogP) is 5.32. The standard InChI is InChI=1S/C30H30N6/c31-17-27(18-32)23-3-1-21-5-7-29(15-25(21)13-23)35-9-11-36(12-10-35)30-8-6-22-2-4-24(14-26(22)16-30)28(19-33)20-34/h13-16,21-22H,1-12H2. The van der Waals surface area contributed by atoms with Gasteiger partial charge in [0.15, 0.2) is 0 Å². The summed E-state index contributed by atoms with van der Waals surface area (Å²) in [4.78, 5) is 5.03. The minimum absolute atomic E-state index is 0.255. The van der Waals surface area contributed by atoms with E-state index in [9.17, 15) is 21.0 Å². The maximum Gasteiger partial charge on any atom is 0.132 e. The van der Waals surface area contributed by atoms with Gasteiger partial charge in [0.2, 0.25) is 0 Å². The van der Waals surface area contributed by atoms with Gasteiger partial charge in [-0.05, 0) is 97.6 Å². The van der Waals surface area contributed by atoms with Crippen LogP contribution in [0.15, 0.2) is 69.1 Å². The van der Waals surface area contributed by atoms with Crippen molar-refractivity contribution in [2.75, 3.05) is 26.2 Å². The Bertz CT molecular complexity index is 1160. The van der Waals surface area contributed by atoms with Crippen molar-refractivity contribution in [3.05, 3.63) is 69.1 Å². The van der Waals surface area contributed by atoms with Gasteiger partial charge in [-0.2, -0.15) is 21.0 Å². The number of rotatable bonds is 2. The second-order valence-corrected chi connectivity index (χ2v) is 10.3.